The van der Waals surface area contributed by atoms with Gasteiger partial charge >= 0.3 is 6.03 Å². The number of hydrogen-bond donors (Lipinski definition) is 3. The molecular formula is C21H22N6O2. The average Bonchev–Trinajstić information content (AvgIpc) is 3.15. The van der Waals surface area contributed by atoms with Crippen LogP contribution in [0.3, 0.4) is 0 Å². The predicted molar refractivity (Wildman–Crippen MR) is 113 cm³/mol. The summed E-state index contributed by atoms with van der Waals surface area (Å²) >= 11 is 0. The maximum absolute atomic E-state index is 13.1. The van der Waals surface area contributed by atoms with E-state index in [4.69, 9.17) is 0 Å². The lowest BCUT2D eigenvalue weighted by atomic mass is 9.87. The molecule has 3 amide bonds. The van der Waals surface area contributed by atoms with Crippen molar-refractivity contribution in [2.45, 2.75) is 13.0 Å². The summed E-state index contributed by atoms with van der Waals surface area (Å²) in [5.41, 5.74) is 3.93. The number of H-pyrrole nitrogens is 1. The standard InChI is InChI=1S/C21H22N6O2/c1-12-18(20(28)24-15-6-9-17-14(10-15)11-22-26-17)19(25-21(29)23-12)13-4-7-16(8-5-13)27(2)3/h4-11,18-19H,1-3H3,(H,22,26)(H,24,28)(H,25,29). The van der Waals surface area contributed by atoms with Crippen molar-refractivity contribution in [3.8, 4) is 0 Å². The molecule has 29 heavy (non-hydrogen) atoms. The zero-order valence-electron chi connectivity index (χ0n) is 16.4. The van der Waals surface area contributed by atoms with Crippen LogP contribution in [0.5, 0.6) is 0 Å². The number of hydrogen-bond acceptors (Lipinski definition) is 4. The third-order valence-corrected chi connectivity index (χ3v) is 5.10. The van der Waals surface area contributed by atoms with Crippen LogP contribution < -0.4 is 15.5 Å². The maximum atomic E-state index is 13.1. The van der Waals surface area contributed by atoms with E-state index in [0.29, 0.717) is 11.4 Å². The second kappa shape index (κ2) is 7.38. The number of aliphatic imine (C=N–C) groups is 1. The van der Waals surface area contributed by atoms with Crippen LogP contribution in [-0.2, 0) is 4.79 Å². The van der Waals surface area contributed by atoms with E-state index >= 15 is 0 Å². The number of nitrogens with one attached hydrogen (secondary N) is 3. The number of urea groups is 1. The molecular weight excluding hydrogens is 368 g/mol. The topological polar surface area (TPSA) is 102 Å². The molecule has 3 aromatic rings. The van der Waals surface area contributed by atoms with Crippen LogP contribution in [0.25, 0.3) is 10.9 Å². The van der Waals surface area contributed by atoms with Gasteiger partial charge in [0.25, 0.3) is 0 Å². The Balaban J connectivity index is 1.62. The first kappa shape index (κ1) is 18.7. The summed E-state index contributed by atoms with van der Waals surface area (Å²) in [4.78, 5) is 31.1. The molecule has 1 aromatic heterocycles. The maximum Gasteiger partial charge on any atom is 0.341 e. The fraction of sp³-hybridized carbons (Fsp3) is 0.238. The lowest BCUT2D eigenvalue weighted by Gasteiger charge is -2.30. The number of carbonyl (C=O) groups excluding carboxylic acids is 2. The van der Waals surface area contributed by atoms with Gasteiger partial charge in [0, 0.05) is 36.6 Å². The Morgan fingerprint density at radius 1 is 1.14 bits per heavy atom. The van der Waals surface area contributed by atoms with Crippen molar-refractivity contribution in [1.82, 2.24) is 15.5 Å². The molecule has 0 bridgehead atoms. The number of amides is 3. The lowest BCUT2D eigenvalue weighted by Crippen LogP contribution is -2.45. The summed E-state index contributed by atoms with van der Waals surface area (Å²) in [6, 6.07) is 12.4. The SMILES string of the molecule is CC1=NC(=O)NC(c2ccc(N(C)C)cc2)C1C(=O)Nc1ccc2[nH]ncc2c1. The molecule has 148 valence electrons. The summed E-state index contributed by atoms with van der Waals surface area (Å²) in [6.07, 6.45) is 1.70. The Bertz CT molecular complexity index is 1100. The number of aromatic nitrogens is 2. The molecule has 8 heteroatoms. The van der Waals surface area contributed by atoms with Gasteiger partial charge in [0.1, 0.15) is 5.92 Å². The molecule has 0 radical (unpaired) electrons. The van der Waals surface area contributed by atoms with E-state index in [1.165, 1.54) is 0 Å². The highest BCUT2D eigenvalue weighted by atomic mass is 16.2. The van der Waals surface area contributed by atoms with E-state index < -0.39 is 18.0 Å². The van der Waals surface area contributed by atoms with Gasteiger partial charge in [-0.25, -0.2) is 9.79 Å². The quantitative estimate of drug-likeness (QED) is 0.637. The molecule has 8 nitrogen and oxygen atoms in total. The number of rotatable bonds is 4. The fourth-order valence-electron chi connectivity index (χ4n) is 3.56. The molecule has 2 aromatic carbocycles. The van der Waals surface area contributed by atoms with Gasteiger partial charge in [-0.3, -0.25) is 9.89 Å². The number of benzene rings is 2. The smallest absolute Gasteiger partial charge is 0.341 e. The van der Waals surface area contributed by atoms with Gasteiger partial charge < -0.3 is 15.5 Å². The third-order valence-electron chi connectivity index (χ3n) is 5.10. The Labute approximate surface area is 168 Å². The molecule has 2 atom stereocenters. The minimum Gasteiger partial charge on any atom is -0.378 e. The van der Waals surface area contributed by atoms with E-state index in [2.05, 4.69) is 25.8 Å². The molecule has 1 aliphatic heterocycles. The van der Waals surface area contributed by atoms with Crippen molar-refractivity contribution in [1.29, 1.82) is 0 Å². The number of carbonyl (C=O) groups is 2. The highest BCUT2D eigenvalue weighted by Gasteiger charge is 2.36. The van der Waals surface area contributed by atoms with E-state index in [-0.39, 0.29) is 5.91 Å². The van der Waals surface area contributed by atoms with Gasteiger partial charge in [-0.05, 0) is 42.8 Å². The molecule has 0 spiro atoms. The van der Waals surface area contributed by atoms with E-state index in [1.54, 1.807) is 13.1 Å². The van der Waals surface area contributed by atoms with Crippen LogP contribution in [0, 0.1) is 5.92 Å². The van der Waals surface area contributed by atoms with Crippen LogP contribution >= 0.6 is 0 Å². The average molecular weight is 390 g/mol. The van der Waals surface area contributed by atoms with Gasteiger partial charge in [-0.1, -0.05) is 12.1 Å². The van der Waals surface area contributed by atoms with Crippen molar-refractivity contribution in [3.05, 3.63) is 54.2 Å². The van der Waals surface area contributed by atoms with Crippen molar-refractivity contribution < 1.29 is 9.59 Å². The Morgan fingerprint density at radius 3 is 2.62 bits per heavy atom. The molecule has 3 N–H and O–H groups in total. The van der Waals surface area contributed by atoms with Crippen LogP contribution in [0.15, 0.2) is 53.7 Å². The summed E-state index contributed by atoms with van der Waals surface area (Å²) in [7, 11) is 3.92. The second-order valence-corrected chi connectivity index (χ2v) is 7.31. The monoisotopic (exact) mass is 390 g/mol. The van der Waals surface area contributed by atoms with Gasteiger partial charge in [0.2, 0.25) is 5.91 Å². The molecule has 0 aliphatic carbocycles. The largest absolute Gasteiger partial charge is 0.378 e. The summed E-state index contributed by atoms with van der Waals surface area (Å²) in [5, 5.41) is 13.6. The number of aromatic amines is 1. The summed E-state index contributed by atoms with van der Waals surface area (Å²) in [5.74, 6) is -0.839. The minimum atomic E-state index is -0.613. The Morgan fingerprint density at radius 2 is 1.90 bits per heavy atom. The van der Waals surface area contributed by atoms with Gasteiger partial charge in [-0.15, -0.1) is 0 Å². The van der Waals surface area contributed by atoms with E-state index in [9.17, 15) is 9.59 Å². The highest BCUT2D eigenvalue weighted by Crippen LogP contribution is 2.29. The fourth-order valence-corrected chi connectivity index (χ4v) is 3.56. The Kier molecular flexibility index (Phi) is 4.75. The zero-order valence-corrected chi connectivity index (χ0v) is 16.4. The molecule has 2 heterocycles. The van der Waals surface area contributed by atoms with Gasteiger partial charge in [-0.2, -0.15) is 5.10 Å². The minimum absolute atomic E-state index is 0.226. The highest BCUT2D eigenvalue weighted by molar-refractivity contribution is 6.13. The molecule has 0 fully saturated rings. The van der Waals surface area contributed by atoms with Crippen LogP contribution in [0.1, 0.15) is 18.5 Å². The van der Waals surface area contributed by atoms with Crippen molar-refractivity contribution in [2.75, 3.05) is 24.3 Å². The van der Waals surface area contributed by atoms with Crippen LogP contribution in [-0.4, -0.2) is 41.9 Å². The van der Waals surface area contributed by atoms with Crippen molar-refractivity contribution in [2.24, 2.45) is 10.9 Å². The zero-order chi connectivity index (χ0) is 20.5. The Hall–Kier alpha value is -3.68. The molecule has 1 aliphatic rings. The number of fused-ring (bicyclic) bond motifs is 1. The molecule has 0 saturated carbocycles. The van der Waals surface area contributed by atoms with Crippen molar-refractivity contribution >= 4 is 39.9 Å². The van der Waals surface area contributed by atoms with Crippen LogP contribution in [0.2, 0.25) is 0 Å². The van der Waals surface area contributed by atoms with Gasteiger partial charge in [0.05, 0.1) is 17.8 Å². The van der Waals surface area contributed by atoms with Gasteiger partial charge in [0.15, 0.2) is 0 Å². The van der Waals surface area contributed by atoms with Crippen molar-refractivity contribution in [3.63, 3.8) is 0 Å². The summed E-state index contributed by atoms with van der Waals surface area (Å²) < 4.78 is 0. The first-order chi connectivity index (χ1) is 13.9. The van der Waals surface area contributed by atoms with E-state index in [0.717, 1.165) is 22.2 Å². The second-order valence-electron chi connectivity index (χ2n) is 7.31. The predicted octanol–water partition coefficient (Wildman–Crippen LogP) is 3.11. The van der Waals surface area contributed by atoms with E-state index in [1.807, 2.05) is 61.5 Å². The normalized spacial score (nSPS) is 18.9. The number of anilines is 2. The number of nitrogens with zero attached hydrogens (tertiary/aromatic N) is 3. The molecule has 2 unspecified atom stereocenters. The molecule has 0 saturated heterocycles. The summed E-state index contributed by atoms with van der Waals surface area (Å²) in [6.45, 7) is 1.71. The molecule has 4 rings (SSSR count). The lowest BCUT2D eigenvalue weighted by molar-refractivity contribution is -0.118. The van der Waals surface area contributed by atoms with Crippen LogP contribution in [0.4, 0.5) is 16.2 Å². The first-order valence-electron chi connectivity index (χ1n) is 9.29. The third kappa shape index (κ3) is 3.69. The first-order valence-corrected chi connectivity index (χ1v) is 9.29.